The summed E-state index contributed by atoms with van der Waals surface area (Å²) in [5.74, 6) is -1.77. The van der Waals surface area contributed by atoms with Gasteiger partial charge in [0.25, 0.3) is 0 Å². The number of hydrogen-bond donors (Lipinski definition) is 4. The van der Waals surface area contributed by atoms with Crippen molar-refractivity contribution in [3.63, 3.8) is 0 Å². The van der Waals surface area contributed by atoms with Gasteiger partial charge >= 0.3 is 6.09 Å². The fourth-order valence-corrected chi connectivity index (χ4v) is 3.76. The molecule has 0 bridgehead atoms. The van der Waals surface area contributed by atoms with Crippen LogP contribution in [-0.4, -0.2) is 58.6 Å². The molecule has 0 aromatic heterocycles. The van der Waals surface area contributed by atoms with Crippen LogP contribution in [0.25, 0.3) is 0 Å². The number of carbonyl (C=O) groups excluding carboxylic acids is 4. The van der Waals surface area contributed by atoms with Gasteiger partial charge in [0.05, 0.1) is 6.42 Å². The Morgan fingerprint density at radius 1 is 1.00 bits per heavy atom. The number of ether oxygens (including phenoxy) is 1. The molecule has 1 rings (SSSR count). The molecule has 0 saturated heterocycles. The van der Waals surface area contributed by atoms with Gasteiger partial charge in [-0.1, -0.05) is 51.7 Å². The topological polar surface area (TPSA) is 151 Å². The maximum Gasteiger partial charge on any atom is 0.408 e. The molecular weight excluding hydrogens is 476 g/mol. The Morgan fingerprint density at radius 3 is 2.14 bits per heavy atom. The number of phenolic OH excluding ortho intramolecular Hbond substituents is 1. The van der Waals surface area contributed by atoms with E-state index in [9.17, 15) is 24.3 Å². The van der Waals surface area contributed by atoms with E-state index < -0.39 is 42.0 Å². The van der Waals surface area contributed by atoms with E-state index in [0.717, 1.165) is 32.1 Å². The highest BCUT2D eigenvalue weighted by Crippen LogP contribution is 2.25. The van der Waals surface area contributed by atoms with Crippen LogP contribution in [0, 0.1) is 0 Å². The van der Waals surface area contributed by atoms with Crippen LogP contribution in [0.1, 0.15) is 91.2 Å². The number of carbonyl (C=O) groups is 4. The molecule has 37 heavy (non-hydrogen) atoms. The summed E-state index contributed by atoms with van der Waals surface area (Å²) in [5, 5.41) is 15.2. The molecule has 0 fully saturated rings. The maximum absolute atomic E-state index is 13.9. The third-order valence-electron chi connectivity index (χ3n) is 5.53. The molecule has 4 amide bonds. The van der Waals surface area contributed by atoms with Crippen molar-refractivity contribution in [3.8, 4) is 5.75 Å². The first-order valence-electron chi connectivity index (χ1n) is 13.0. The van der Waals surface area contributed by atoms with Crippen molar-refractivity contribution in [1.29, 1.82) is 0 Å². The molecule has 0 radical (unpaired) electrons. The lowest BCUT2D eigenvalue weighted by molar-refractivity contribution is -0.143. The van der Waals surface area contributed by atoms with Gasteiger partial charge < -0.3 is 31.1 Å². The lowest BCUT2D eigenvalue weighted by atomic mass is 10.0. The number of rotatable bonds is 15. The zero-order chi connectivity index (χ0) is 28.0. The maximum atomic E-state index is 13.9. The Balaban J connectivity index is 3.41. The largest absolute Gasteiger partial charge is 0.508 e. The number of nitrogens with one attached hydrogen (secondary N) is 2. The van der Waals surface area contributed by atoms with Gasteiger partial charge in [0.15, 0.2) is 0 Å². The Bertz CT molecular complexity index is 882. The van der Waals surface area contributed by atoms with Gasteiger partial charge in [0, 0.05) is 13.1 Å². The van der Waals surface area contributed by atoms with Crippen LogP contribution in [0.3, 0.4) is 0 Å². The summed E-state index contributed by atoms with van der Waals surface area (Å²) >= 11 is 0. The van der Waals surface area contributed by atoms with Gasteiger partial charge in [-0.3, -0.25) is 14.4 Å². The average molecular weight is 521 g/mol. The Hall–Kier alpha value is -3.30. The van der Waals surface area contributed by atoms with Crippen LogP contribution in [-0.2, 0) is 19.1 Å². The molecule has 2 unspecified atom stereocenters. The van der Waals surface area contributed by atoms with Crippen molar-refractivity contribution in [2.24, 2.45) is 5.73 Å². The van der Waals surface area contributed by atoms with E-state index in [0.29, 0.717) is 18.5 Å². The molecule has 0 aliphatic heterocycles. The van der Waals surface area contributed by atoms with Crippen molar-refractivity contribution in [2.75, 3.05) is 13.1 Å². The second-order valence-corrected chi connectivity index (χ2v) is 10.1. The van der Waals surface area contributed by atoms with Crippen molar-refractivity contribution in [2.45, 2.75) is 97.2 Å². The number of amides is 4. The van der Waals surface area contributed by atoms with Gasteiger partial charge in [0.2, 0.25) is 17.7 Å². The summed E-state index contributed by atoms with van der Waals surface area (Å²) in [6.45, 7) is 9.77. The minimum absolute atomic E-state index is 0.0212. The van der Waals surface area contributed by atoms with Gasteiger partial charge in [-0.25, -0.2) is 4.79 Å². The highest BCUT2D eigenvalue weighted by molar-refractivity contribution is 5.94. The average Bonchev–Trinajstić information content (AvgIpc) is 2.80. The lowest BCUT2D eigenvalue weighted by Gasteiger charge is -2.34. The molecule has 0 saturated carbocycles. The summed E-state index contributed by atoms with van der Waals surface area (Å²) in [6, 6.07) is 3.69. The highest BCUT2D eigenvalue weighted by Gasteiger charge is 2.36. The second-order valence-electron chi connectivity index (χ2n) is 10.1. The minimum Gasteiger partial charge on any atom is -0.508 e. The zero-order valence-electron chi connectivity index (χ0n) is 22.8. The predicted octanol–water partition coefficient (Wildman–Crippen LogP) is 3.53. The number of unbranched alkanes of at least 4 members (excludes halogenated alkanes) is 4. The van der Waals surface area contributed by atoms with Crippen molar-refractivity contribution >= 4 is 23.8 Å². The molecule has 0 aliphatic carbocycles. The Morgan fingerprint density at radius 2 is 1.59 bits per heavy atom. The van der Waals surface area contributed by atoms with Crippen LogP contribution in [0.2, 0.25) is 0 Å². The van der Waals surface area contributed by atoms with Crippen LogP contribution in [0.4, 0.5) is 4.79 Å². The normalized spacial score (nSPS) is 12.8. The van der Waals surface area contributed by atoms with E-state index in [2.05, 4.69) is 17.6 Å². The second kappa shape index (κ2) is 15.7. The van der Waals surface area contributed by atoms with Crippen LogP contribution in [0.15, 0.2) is 24.3 Å². The molecular formula is C27H44N4O6. The van der Waals surface area contributed by atoms with Gasteiger partial charge in [0.1, 0.15) is 23.4 Å². The van der Waals surface area contributed by atoms with Crippen LogP contribution >= 0.6 is 0 Å². The zero-order valence-corrected chi connectivity index (χ0v) is 22.8. The molecule has 1 aromatic carbocycles. The van der Waals surface area contributed by atoms with Crippen molar-refractivity contribution in [3.05, 3.63) is 29.8 Å². The SMILES string of the molecule is CCCCCNC(=O)C(c1ccc(O)cc1)N(CCCCC)C(=O)C(CC(N)=O)NC(=O)OC(C)(C)C. The van der Waals surface area contributed by atoms with E-state index in [1.54, 1.807) is 32.9 Å². The number of hydrogen-bond acceptors (Lipinski definition) is 6. The van der Waals surface area contributed by atoms with Gasteiger partial charge in [-0.15, -0.1) is 0 Å². The van der Waals surface area contributed by atoms with E-state index >= 15 is 0 Å². The van der Waals surface area contributed by atoms with E-state index in [-0.39, 0.29) is 18.2 Å². The number of aromatic hydroxyl groups is 1. The summed E-state index contributed by atoms with van der Waals surface area (Å²) in [4.78, 5) is 53.0. The number of primary amides is 1. The molecule has 10 nitrogen and oxygen atoms in total. The highest BCUT2D eigenvalue weighted by atomic mass is 16.6. The summed E-state index contributed by atoms with van der Waals surface area (Å²) in [7, 11) is 0. The van der Waals surface area contributed by atoms with Crippen molar-refractivity contribution in [1.82, 2.24) is 15.5 Å². The van der Waals surface area contributed by atoms with Crippen LogP contribution < -0.4 is 16.4 Å². The third kappa shape index (κ3) is 12.0. The summed E-state index contributed by atoms with van der Waals surface area (Å²) in [6.07, 6.45) is 3.71. The first-order valence-corrected chi connectivity index (χ1v) is 13.0. The van der Waals surface area contributed by atoms with Gasteiger partial charge in [-0.2, -0.15) is 0 Å². The van der Waals surface area contributed by atoms with E-state index in [1.165, 1.54) is 17.0 Å². The lowest BCUT2D eigenvalue weighted by Crippen LogP contribution is -2.54. The number of benzene rings is 1. The molecule has 10 heteroatoms. The fraction of sp³-hybridized carbons (Fsp3) is 0.630. The summed E-state index contributed by atoms with van der Waals surface area (Å²) < 4.78 is 5.28. The third-order valence-corrected chi connectivity index (χ3v) is 5.53. The molecule has 0 heterocycles. The van der Waals surface area contributed by atoms with Crippen LogP contribution in [0.5, 0.6) is 5.75 Å². The number of alkyl carbamates (subject to hydrolysis) is 1. The number of nitrogens with two attached hydrogens (primary N) is 1. The molecule has 0 spiro atoms. The Labute approximate surface area is 220 Å². The van der Waals surface area contributed by atoms with Crippen molar-refractivity contribution < 1.29 is 29.0 Å². The fourth-order valence-electron chi connectivity index (χ4n) is 3.76. The van der Waals surface area contributed by atoms with E-state index in [4.69, 9.17) is 10.5 Å². The molecule has 208 valence electrons. The molecule has 1 aromatic rings. The van der Waals surface area contributed by atoms with Gasteiger partial charge in [-0.05, 0) is 51.3 Å². The first-order chi connectivity index (χ1) is 17.4. The molecule has 0 aliphatic rings. The quantitative estimate of drug-likeness (QED) is 0.260. The number of nitrogens with zero attached hydrogens (tertiary/aromatic N) is 1. The predicted molar refractivity (Wildman–Crippen MR) is 142 cm³/mol. The van der Waals surface area contributed by atoms with E-state index in [1.807, 2.05) is 6.92 Å². The first kappa shape index (κ1) is 31.7. The molecule has 2 atom stereocenters. The smallest absolute Gasteiger partial charge is 0.408 e. The monoisotopic (exact) mass is 520 g/mol. The molecule has 5 N–H and O–H groups in total. The Kier molecular flexibility index (Phi) is 13.5. The number of phenols is 1. The minimum atomic E-state index is -1.32. The summed E-state index contributed by atoms with van der Waals surface area (Å²) in [5.41, 5.74) is 5.08. The standard InChI is InChI=1S/C27H44N4O6/c1-6-8-10-16-29-24(34)23(19-12-14-20(32)15-13-19)31(17-11-9-7-2)25(35)21(18-22(28)33)30-26(36)37-27(3,4)5/h12-15,21,23,32H,6-11,16-18H2,1-5H3,(H2,28,33)(H,29,34)(H,30,36).